The second kappa shape index (κ2) is 4.90. The van der Waals surface area contributed by atoms with Crippen LogP contribution >= 0.6 is 12.0 Å². The van der Waals surface area contributed by atoms with Gasteiger partial charge in [-0.1, -0.05) is 30.9 Å². The summed E-state index contributed by atoms with van der Waals surface area (Å²) in [5.74, 6) is 0. The first-order chi connectivity index (χ1) is 6.31. The molecule has 0 spiro atoms. The van der Waals surface area contributed by atoms with Crippen LogP contribution in [0.2, 0.25) is 0 Å². The van der Waals surface area contributed by atoms with E-state index in [0.29, 0.717) is 0 Å². The first-order valence-electron chi connectivity index (χ1n) is 4.02. The van der Waals surface area contributed by atoms with Gasteiger partial charge in [0.25, 0.3) is 0 Å². The van der Waals surface area contributed by atoms with Crippen molar-refractivity contribution in [3.8, 4) is 0 Å². The van der Waals surface area contributed by atoms with Gasteiger partial charge in [-0.15, -0.1) is 0 Å². The molecule has 0 saturated carbocycles. The Balaban J connectivity index is 3.17. The lowest BCUT2D eigenvalue weighted by atomic mass is 10.1. The summed E-state index contributed by atoms with van der Waals surface area (Å²) >= 11 is 0.760. The average Bonchev–Trinajstić information content (AvgIpc) is 2.18. The number of hydrogen-bond donors (Lipinski definition) is 1. The van der Waals surface area contributed by atoms with Crippen LogP contribution in [0.3, 0.4) is 0 Å². The smallest absolute Gasteiger partial charge is 0.0357 e. The summed E-state index contributed by atoms with van der Waals surface area (Å²) in [6.07, 6.45) is 5.77. The van der Waals surface area contributed by atoms with E-state index in [1.54, 1.807) is 6.08 Å². The van der Waals surface area contributed by atoms with Crippen LogP contribution in [0.5, 0.6) is 0 Å². The Hall–Kier alpha value is -0.990. The molecule has 0 heterocycles. The summed E-state index contributed by atoms with van der Waals surface area (Å²) in [4.78, 5) is 0.846. The number of allylic oxidation sites excluding steroid dienone is 1. The summed E-state index contributed by atoms with van der Waals surface area (Å²) in [6.45, 7) is 5.69. The van der Waals surface area contributed by atoms with Gasteiger partial charge < -0.3 is 4.55 Å². The van der Waals surface area contributed by atoms with Crippen molar-refractivity contribution in [2.75, 3.05) is 0 Å². The van der Waals surface area contributed by atoms with Gasteiger partial charge >= 0.3 is 0 Å². The third-order valence-electron chi connectivity index (χ3n) is 1.73. The Morgan fingerprint density at radius 3 is 2.69 bits per heavy atom. The summed E-state index contributed by atoms with van der Waals surface area (Å²) in [5.41, 5.74) is 2.16. The molecule has 1 rings (SSSR count). The standard InChI is InChI=1S/C11H12OS/c1-3-5-10-8-11(13-12)7-6-9(10)4-2/h3-8,12H,2H2,1H3/b5-3-. The van der Waals surface area contributed by atoms with Gasteiger partial charge in [0.1, 0.15) is 0 Å². The van der Waals surface area contributed by atoms with Crippen molar-refractivity contribution < 1.29 is 4.55 Å². The van der Waals surface area contributed by atoms with Gasteiger partial charge in [-0.25, -0.2) is 0 Å². The van der Waals surface area contributed by atoms with Crippen LogP contribution in [-0.4, -0.2) is 4.55 Å². The highest BCUT2D eigenvalue weighted by atomic mass is 32.2. The SMILES string of the molecule is C=Cc1ccc(SO)cc1/C=C\C. The molecule has 0 unspecified atom stereocenters. The van der Waals surface area contributed by atoms with Gasteiger partial charge in [0, 0.05) is 16.9 Å². The molecule has 0 radical (unpaired) electrons. The topological polar surface area (TPSA) is 20.2 Å². The minimum Gasteiger partial charge on any atom is -0.325 e. The first-order valence-corrected chi connectivity index (χ1v) is 4.79. The average molecular weight is 192 g/mol. The van der Waals surface area contributed by atoms with E-state index in [1.807, 2.05) is 37.3 Å². The highest BCUT2D eigenvalue weighted by Crippen LogP contribution is 2.20. The molecule has 2 heteroatoms. The van der Waals surface area contributed by atoms with Crippen LogP contribution in [0.1, 0.15) is 18.1 Å². The Morgan fingerprint density at radius 2 is 2.15 bits per heavy atom. The lowest BCUT2D eigenvalue weighted by molar-refractivity contribution is 0.664. The molecule has 0 fully saturated rings. The fraction of sp³-hybridized carbons (Fsp3) is 0.0909. The normalized spacial score (nSPS) is 10.6. The van der Waals surface area contributed by atoms with E-state index >= 15 is 0 Å². The van der Waals surface area contributed by atoms with Crippen molar-refractivity contribution in [1.82, 2.24) is 0 Å². The first kappa shape index (κ1) is 10.1. The van der Waals surface area contributed by atoms with Gasteiger partial charge in [0.15, 0.2) is 0 Å². The predicted molar refractivity (Wildman–Crippen MR) is 59.7 cm³/mol. The number of rotatable bonds is 3. The molecule has 0 aromatic heterocycles. The zero-order valence-electron chi connectivity index (χ0n) is 7.53. The highest BCUT2D eigenvalue weighted by Gasteiger charge is 1.97. The molecular weight excluding hydrogens is 180 g/mol. The zero-order valence-corrected chi connectivity index (χ0v) is 8.34. The fourth-order valence-electron chi connectivity index (χ4n) is 1.12. The van der Waals surface area contributed by atoms with E-state index in [2.05, 4.69) is 6.58 Å². The van der Waals surface area contributed by atoms with Gasteiger partial charge in [-0.2, -0.15) is 0 Å². The monoisotopic (exact) mass is 192 g/mol. The maximum atomic E-state index is 8.86. The van der Waals surface area contributed by atoms with E-state index in [1.165, 1.54) is 0 Å². The van der Waals surface area contributed by atoms with Crippen LogP contribution in [0.4, 0.5) is 0 Å². The number of benzene rings is 1. The molecule has 0 aliphatic heterocycles. The van der Waals surface area contributed by atoms with Gasteiger partial charge in [-0.3, -0.25) is 0 Å². The van der Waals surface area contributed by atoms with Crippen molar-refractivity contribution >= 4 is 24.2 Å². The van der Waals surface area contributed by atoms with E-state index in [0.717, 1.165) is 28.1 Å². The van der Waals surface area contributed by atoms with Crippen molar-refractivity contribution in [3.05, 3.63) is 42.0 Å². The maximum Gasteiger partial charge on any atom is 0.0357 e. The second-order valence-corrected chi connectivity index (χ2v) is 3.24. The van der Waals surface area contributed by atoms with E-state index in [4.69, 9.17) is 4.55 Å². The third kappa shape index (κ3) is 2.47. The molecule has 1 aromatic carbocycles. The highest BCUT2D eigenvalue weighted by molar-refractivity contribution is 7.93. The van der Waals surface area contributed by atoms with E-state index in [-0.39, 0.29) is 0 Å². The van der Waals surface area contributed by atoms with Crippen molar-refractivity contribution in [2.24, 2.45) is 0 Å². The van der Waals surface area contributed by atoms with Crippen LogP contribution in [0.15, 0.2) is 35.7 Å². The van der Waals surface area contributed by atoms with Crippen LogP contribution < -0.4 is 0 Å². The van der Waals surface area contributed by atoms with Gasteiger partial charge in [0.2, 0.25) is 0 Å². The predicted octanol–water partition coefficient (Wildman–Crippen LogP) is 3.93. The lowest BCUT2D eigenvalue weighted by Crippen LogP contribution is -1.81. The van der Waals surface area contributed by atoms with Crippen LogP contribution in [0, 0.1) is 0 Å². The summed E-state index contributed by atoms with van der Waals surface area (Å²) in [7, 11) is 0. The summed E-state index contributed by atoms with van der Waals surface area (Å²) in [5, 5.41) is 0. The summed E-state index contributed by atoms with van der Waals surface area (Å²) in [6, 6.07) is 5.75. The van der Waals surface area contributed by atoms with Crippen molar-refractivity contribution in [3.63, 3.8) is 0 Å². The number of hydrogen-bond acceptors (Lipinski definition) is 2. The molecule has 1 aromatic rings. The molecule has 13 heavy (non-hydrogen) atoms. The molecular formula is C11H12OS. The minimum absolute atomic E-state index is 0.760. The van der Waals surface area contributed by atoms with Crippen LogP contribution in [-0.2, 0) is 0 Å². The zero-order chi connectivity index (χ0) is 9.68. The third-order valence-corrected chi connectivity index (χ3v) is 2.19. The minimum atomic E-state index is 0.760. The molecule has 0 amide bonds. The molecule has 68 valence electrons. The van der Waals surface area contributed by atoms with E-state index in [9.17, 15) is 0 Å². The largest absolute Gasteiger partial charge is 0.325 e. The maximum absolute atomic E-state index is 8.86. The molecule has 0 atom stereocenters. The lowest BCUT2D eigenvalue weighted by Gasteiger charge is -2.02. The van der Waals surface area contributed by atoms with Gasteiger partial charge in [0.05, 0.1) is 0 Å². The van der Waals surface area contributed by atoms with Crippen molar-refractivity contribution in [1.29, 1.82) is 0 Å². The Morgan fingerprint density at radius 1 is 1.38 bits per heavy atom. The molecule has 1 N–H and O–H groups in total. The van der Waals surface area contributed by atoms with Crippen molar-refractivity contribution in [2.45, 2.75) is 11.8 Å². The van der Waals surface area contributed by atoms with Gasteiger partial charge in [-0.05, 0) is 30.2 Å². The summed E-state index contributed by atoms with van der Waals surface area (Å²) < 4.78 is 8.86. The van der Waals surface area contributed by atoms with E-state index < -0.39 is 0 Å². The van der Waals surface area contributed by atoms with Crippen LogP contribution in [0.25, 0.3) is 12.2 Å². The molecule has 1 nitrogen and oxygen atoms in total. The fourth-order valence-corrected chi connectivity index (χ4v) is 1.43. The quantitative estimate of drug-likeness (QED) is 0.732. The molecule has 0 bridgehead atoms. The molecule has 0 aliphatic rings. The molecule has 0 saturated heterocycles. The Bertz CT molecular complexity index is 329. The Kier molecular flexibility index (Phi) is 3.80. The molecule has 0 aliphatic carbocycles. The Labute approximate surface area is 83.0 Å². The second-order valence-electron chi connectivity index (χ2n) is 2.59.